The molecule has 1 atom stereocenters. The predicted octanol–water partition coefficient (Wildman–Crippen LogP) is 0.977. The standard InChI is InChI=1S/C14H27N3O/c1-12(17-9-7-15-8-10-17)11-14(18)16-6-5-13-3-2-4-13/h12-13,15H,2-11H2,1H3,(H,16,18). The van der Waals surface area contributed by atoms with Gasteiger partial charge in [0.05, 0.1) is 0 Å². The summed E-state index contributed by atoms with van der Waals surface area (Å²) in [6.07, 6.45) is 5.94. The number of piperazine rings is 1. The molecule has 0 aromatic heterocycles. The summed E-state index contributed by atoms with van der Waals surface area (Å²) in [6, 6.07) is 0.371. The van der Waals surface area contributed by atoms with Crippen LogP contribution in [0.3, 0.4) is 0 Å². The van der Waals surface area contributed by atoms with Crippen LogP contribution >= 0.6 is 0 Å². The predicted molar refractivity (Wildman–Crippen MR) is 73.5 cm³/mol. The van der Waals surface area contributed by atoms with Crippen LogP contribution < -0.4 is 10.6 Å². The zero-order valence-corrected chi connectivity index (χ0v) is 11.6. The van der Waals surface area contributed by atoms with Crippen molar-refractivity contribution in [2.45, 2.75) is 45.1 Å². The van der Waals surface area contributed by atoms with E-state index in [4.69, 9.17) is 0 Å². The van der Waals surface area contributed by atoms with Gasteiger partial charge in [0.2, 0.25) is 5.91 Å². The Morgan fingerprint density at radius 3 is 2.72 bits per heavy atom. The maximum Gasteiger partial charge on any atom is 0.221 e. The number of rotatable bonds is 6. The average Bonchev–Trinajstić information content (AvgIpc) is 2.33. The van der Waals surface area contributed by atoms with Gasteiger partial charge in [-0.3, -0.25) is 9.69 Å². The summed E-state index contributed by atoms with van der Waals surface area (Å²) < 4.78 is 0. The molecule has 0 aromatic rings. The number of amides is 1. The van der Waals surface area contributed by atoms with E-state index in [1.807, 2.05) is 0 Å². The largest absolute Gasteiger partial charge is 0.356 e. The fraction of sp³-hybridized carbons (Fsp3) is 0.929. The maximum absolute atomic E-state index is 11.8. The van der Waals surface area contributed by atoms with Gasteiger partial charge in [0, 0.05) is 45.2 Å². The van der Waals surface area contributed by atoms with Crippen LogP contribution in [0, 0.1) is 5.92 Å². The first-order valence-corrected chi connectivity index (χ1v) is 7.47. The van der Waals surface area contributed by atoms with Crippen LogP contribution in [0.5, 0.6) is 0 Å². The Hall–Kier alpha value is -0.610. The van der Waals surface area contributed by atoms with Crippen molar-refractivity contribution in [1.82, 2.24) is 15.5 Å². The second-order valence-electron chi connectivity index (χ2n) is 5.77. The van der Waals surface area contributed by atoms with Crippen molar-refractivity contribution in [3.8, 4) is 0 Å². The van der Waals surface area contributed by atoms with Crippen molar-refractivity contribution in [1.29, 1.82) is 0 Å². The third-order valence-electron chi connectivity index (χ3n) is 4.36. The van der Waals surface area contributed by atoms with Gasteiger partial charge in [-0.25, -0.2) is 0 Å². The first-order valence-electron chi connectivity index (χ1n) is 7.47. The summed E-state index contributed by atoms with van der Waals surface area (Å²) in [5.74, 6) is 1.11. The van der Waals surface area contributed by atoms with Crippen LogP contribution in [0.4, 0.5) is 0 Å². The monoisotopic (exact) mass is 253 g/mol. The molecule has 1 heterocycles. The molecule has 4 heteroatoms. The molecule has 4 nitrogen and oxygen atoms in total. The SMILES string of the molecule is CC(CC(=O)NCCC1CCC1)N1CCNCC1. The molecular formula is C14H27N3O. The Bertz CT molecular complexity index is 260. The molecule has 2 rings (SSSR count). The van der Waals surface area contributed by atoms with Crippen LogP contribution in [-0.2, 0) is 4.79 Å². The second kappa shape index (κ2) is 7.10. The van der Waals surface area contributed by atoms with Crippen molar-refractivity contribution < 1.29 is 4.79 Å². The molecule has 1 unspecified atom stereocenters. The lowest BCUT2D eigenvalue weighted by molar-refractivity contribution is -0.122. The van der Waals surface area contributed by atoms with Crippen molar-refractivity contribution in [2.24, 2.45) is 5.92 Å². The Balaban J connectivity index is 1.57. The fourth-order valence-corrected chi connectivity index (χ4v) is 2.79. The summed E-state index contributed by atoms with van der Waals surface area (Å²) in [5, 5.41) is 6.41. The molecule has 1 aliphatic carbocycles. The Morgan fingerprint density at radius 2 is 2.11 bits per heavy atom. The molecule has 1 amide bonds. The van der Waals surface area contributed by atoms with E-state index in [2.05, 4.69) is 22.5 Å². The van der Waals surface area contributed by atoms with E-state index in [1.54, 1.807) is 0 Å². The van der Waals surface area contributed by atoms with Gasteiger partial charge in [0.1, 0.15) is 0 Å². The summed E-state index contributed by atoms with van der Waals surface area (Å²) >= 11 is 0. The van der Waals surface area contributed by atoms with E-state index in [0.717, 1.165) is 38.6 Å². The molecule has 1 saturated heterocycles. The molecule has 1 saturated carbocycles. The lowest BCUT2D eigenvalue weighted by Gasteiger charge is -2.32. The quantitative estimate of drug-likeness (QED) is 0.741. The minimum absolute atomic E-state index is 0.223. The Labute approximate surface area is 110 Å². The number of hydrogen-bond donors (Lipinski definition) is 2. The van der Waals surface area contributed by atoms with Gasteiger partial charge in [-0.2, -0.15) is 0 Å². The van der Waals surface area contributed by atoms with Crippen LogP contribution in [0.15, 0.2) is 0 Å². The smallest absolute Gasteiger partial charge is 0.221 e. The highest BCUT2D eigenvalue weighted by Gasteiger charge is 2.20. The third-order valence-corrected chi connectivity index (χ3v) is 4.36. The van der Waals surface area contributed by atoms with Crippen molar-refractivity contribution >= 4 is 5.91 Å². The number of nitrogens with zero attached hydrogens (tertiary/aromatic N) is 1. The number of carbonyl (C=O) groups is 1. The van der Waals surface area contributed by atoms with Gasteiger partial charge < -0.3 is 10.6 Å². The molecule has 0 aromatic carbocycles. The van der Waals surface area contributed by atoms with Crippen molar-refractivity contribution in [2.75, 3.05) is 32.7 Å². The molecule has 0 bridgehead atoms. The van der Waals surface area contributed by atoms with Crippen LogP contribution in [0.25, 0.3) is 0 Å². The Kier molecular flexibility index (Phi) is 5.45. The highest BCUT2D eigenvalue weighted by atomic mass is 16.1. The van der Waals surface area contributed by atoms with E-state index in [-0.39, 0.29) is 5.91 Å². The zero-order chi connectivity index (χ0) is 12.8. The van der Waals surface area contributed by atoms with Crippen LogP contribution in [0.2, 0.25) is 0 Å². The van der Waals surface area contributed by atoms with Gasteiger partial charge in [0.15, 0.2) is 0 Å². The van der Waals surface area contributed by atoms with Gasteiger partial charge >= 0.3 is 0 Å². The topological polar surface area (TPSA) is 44.4 Å². The fourth-order valence-electron chi connectivity index (χ4n) is 2.79. The number of hydrogen-bond acceptors (Lipinski definition) is 3. The van der Waals surface area contributed by atoms with Crippen molar-refractivity contribution in [3.63, 3.8) is 0 Å². The molecule has 104 valence electrons. The lowest BCUT2D eigenvalue weighted by atomic mass is 9.83. The molecule has 2 fully saturated rings. The minimum atomic E-state index is 0.223. The van der Waals surface area contributed by atoms with Gasteiger partial charge in [-0.05, 0) is 19.3 Å². The molecule has 1 aliphatic heterocycles. The first kappa shape index (κ1) is 13.8. The highest BCUT2D eigenvalue weighted by Crippen LogP contribution is 2.28. The lowest BCUT2D eigenvalue weighted by Crippen LogP contribution is -2.48. The second-order valence-corrected chi connectivity index (χ2v) is 5.77. The molecule has 0 spiro atoms. The summed E-state index contributed by atoms with van der Waals surface area (Å²) in [5.41, 5.74) is 0. The minimum Gasteiger partial charge on any atom is -0.356 e. The summed E-state index contributed by atoms with van der Waals surface area (Å²) in [6.45, 7) is 7.27. The molecule has 18 heavy (non-hydrogen) atoms. The summed E-state index contributed by atoms with van der Waals surface area (Å²) in [7, 11) is 0. The average molecular weight is 253 g/mol. The van der Waals surface area contributed by atoms with Crippen LogP contribution in [0.1, 0.15) is 39.0 Å². The van der Waals surface area contributed by atoms with E-state index in [1.165, 1.54) is 25.7 Å². The highest BCUT2D eigenvalue weighted by molar-refractivity contribution is 5.76. The normalized spacial score (nSPS) is 23.4. The molecule has 2 aliphatic rings. The zero-order valence-electron chi connectivity index (χ0n) is 11.6. The van der Waals surface area contributed by atoms with Crippen molar-refractivity contribution in [3.05, 3.63) is 0 Å². The molecular weight excluding hydrogens is 226 g/mol. The van der Waals surface area contributed by atoms with E-state index < -0.39 is 0 Å². The summed E-state index contributed by atoms with van der Waals surface area (Å²) in [4.78, 5) is 14.2. The van der Waals surface area contributed by atoms with Gasteiger partial charge in [-0.15, -0.1) is 0 Å². The molecule has 0 radical (unpaired) electrons. The van der Waals surface area contributed by atoms with E-state index in [0.29, 0.717) is 12.5 Å². The maximum atomic E-state index is 11.8. The number of nitrogens with one attached hydrogen (secondary N) is 2. The van der Waals surface area contributed by atoms with E-state index in [9.17, 15) is 4.79 Å². The molecule has 2 N–H and O–H groups in total. The van der Waals surface area contributed by atoms with E-state index >= 15 is 0 Å². The number of carbonyl (C=O) groups excluding carboxylic acids is 1. The van der Waals surface area contributed by atoms with Gasteiger partial charge in [-0.1, -0.05) is 19.3 Å². The van der Waals surface area contributed by atoms with Gasteiger partial charge in [0.25, 0.3) is 0 Å². The van der Waals surface area contributed by atoms with Crippen LogP contribution in [-0.4, -0.2) is 49.6 Å². The first-order chi connectivity index (χ1) is 8.75. The third kappa shape index (κ3) is 4.25. The Morgan fingerprint density at radius 1 is 1.39 bits per heavy atom.